The van der Waals surface area contributed by atoms with Gasteiger partial charge in [0.05, 0.1) is 6.10 Å². The number of amides is 1. The second kappa shape index (κ2) is 6.19. The Morgan fingerprint density at radius 2 is 2.11 bits per heavy atom. The van der Waals surface area contributed by atoms with Crippen LogP contribution in [0.4, 0.5) is 0 Å². The molecule has 0 bridgehead atoms. The summed E-state index contributed by atoms with van der Waals surface area (Å²) in [5.41, 5.74) is 1.30. The van der Waals surface area contributed by atoms with Gasteiger partial charge in [-0.1, -0.05) is 27.7 Å². The van der Waals surface area contributed by atoms with E-state index in [4.69, 9.17) is 0 Å². The SMILES string of the molecule is CC(O)CC(C)CNC(=O)c1cc(C(C)(C)C)[nH]n1. The van der Waals surface area contributed by atoms with Gasteiger partial charge in [-0.25, -0.2) is 0 Å². The molecule has 3 N–H and O–H groups in total. The Bertz CT molecular complexity index is 419. The van der Waals surface area contributed by atoms with Crippen molar-refractivity contribution in [2.75, 3.05) is 6.54 Å². The Morgan fingerprint density at radius 1 is 1.47 bits per heavy atom. The van der Waals surface area contributed by atoms with Gasteiger partial charge in [0, 0.05) is 17.7 Å². The van der Waals surface area contributed by atoms with E-state index in [1.54, 1.807) is 13.0 Å². The van der Waals surface area contributed by atoms with E-state index in [9.17, 15) is 9.90 Å². The lowest BCUT2D eigenvalue weighted by molar-refractivity contribution is 0.0934. The van der Waals surface area contributed by atoms with Crippen LogP contribution in [0.25, 0.3) is 0 Å². The molecule has 1 rings (SSSR count). The number of hydrogen-bond acceptors (Lipinski definition) is 3. The minimum absolute atomic E-state index is 0.0505. The first-order chi connectivity index (χ1) is 8.70. The van der Waals surface area contributed by atoms with E-state index in [1.807, 2.05) is 6.92 Å². The number of nitrogens with one attached hydrogen (secondary N) is 2. The maximum Gasteiger partial charge on any atom is 0.271 e. The minimum Gasteiger partial charge on any atom is -0.393 e. The predicted molar refractivity (Wildman–Crippen MR) is 75.1 cm³/mol. The Kier molecular flexibility index (Phi) is 5.11. The predicted octanol–water partition coefficient (Wildman–Crippen LogP) is 1.84. The van der Waals surface area contributed by atoms with Gasteiger partial charge < -0.3 is 10.4 Å². The lowest BCUT2D eigenvalue weighted by Crippen LogP contribution is -2.29. The van der Waals surface area contributed by atoms with Crippen LogP contribution >= 0.6 is 0 Å². The average molecular weight is 267 g/mol. The summed E-state index contributed by atoms with van der Waals surface area (Å²) in [5, 5.41) is 19.0. The number of rotatable bonds is 5. The largest absolute Gasteiger partial charge is 0.393 e. The lowest BCUT2D eigenvalue weighted by Gasteiger charge is -2.14. The van der Waals surface area contributed by atoms with E-state index >= 15 is 0 Å². The van der Waals surface area contributed by atoms with Gasteiger partial charge in [-0.2, -0.15) is 5.10 Å². The van der Waals surface area contributed by atoms with Crippen LogP contribution in [-0.4, -0.2) is 33.9 Å². The van der Waals surface area contributed by atoms with Crippen molar-refractivity contribution in [1.82, 2.24) is 15.5 Å². The zero-order valence-corrected chi connectivity index (χ0v) is 12.4. The molecule has 2 unspecified atom stereocenters. The summed E-state index contributed by atoms with van der Waals surface area (Å²) in [4.78, 5) is 11.9. The van der Waals surface area contributed by atoms with E-state index in [0.29, 0.717) is 18.7 Å². The number of nitrogens with zero attached hydrogens (tertiary/aromatic N) is 1. The van der Waals surface area contributed by atoms with Crippen molar-refractivity contribution >= 4 is 5.91 Å². The number of aliphatic hydroxyl groups is 1. The van der Waals surface area contributed by atoms with Crippen LogP contribution in [0.5, 0.6) is 0 Å². The van der Waals surface area contributed by atoms with Crippen LogP contribution in [0.1, 0.15) is 57.2 Å². The van der Waals surface area contributed by atoms with Gasteiger partial charge in [0.1, 0.15) is 5.69 Å². The summed E-state index contributed by atoms with van der Waals surface area (Å²) in [5.74, 6) is 0.0640. The van der Waals surface area contributed by atoms with Gasteiger partial charge in [-0.05, 0) is 25.3 Å². The highest BCUT2D eigenvalue weighted by atomic mass is 16.3. The number of carbonyl (C=O) groups excluding carboxylic acids is 1. The van der Waals surface area contributed by atoms with Gasteiger partial charge in [0.25, 0.3) is 5.91 Å². The molecule has 2 atom stereocenters. The van der Waals surface area contributed by atoms with Crippen LogP contribution in [0.15, 0.2) is 6.07 Å². The number of carbonyl (C=O) groups is 1. The highest BCUT2D eigenvalue weighted by Gasteiger charge is 2.19. The number of H-pyrrole nitrogens is 1. The summed E-state index contributed by atoms with van der Waals surface area (Å²) < 4.78 is 0. The maximum atomic E-state index is 11.9. The van der Waals surface area contributed by atoms with Crippen molar-refractivity contribution < 1.29 is 9.90 Å². The Labute approximate surface area is 114 Å². The van der Waals surface area contributed by atoms with Crippen LogP contribution in [-0.2, 0) is 5.41 Å². The lowest BCUT2D eigenvalue weighted by atomic mass is 9.92. The number of aromatic amines is 1. The fourth-order valence-corrected chi connectivity index (χ4v) is 1.85. The average Bonchev–Trinajstić information content (AvgIpc) is 2.73. The van der Waals surface area contributed by atoms with Crippen molar-refractivity contribution in [1.29, 1.82) is 0 Å². The molecule has 5 nitrogen and oxygen atoms in total. The van der Waals surface area contributed by atoms with Crippen molar-refractivity contribution in [2.45, 2.75) is 52.6 Å². The smallest absolute Gasteiger partial charge is 0.271 e. The number of aliphatic hydroxyl groups excluding tert-OH is 1. The zero-order valence-electron chi connectivity index (χ0n) is 12.4. The molecule has 0 aliphatic carbocycles. The second-order valence-electron chi connectivity index (χ2n) is 6.32. The zero-order chi connectivity index (χ0) is 14.6. The molecule has 19 heavy (non-hydrogen) atoms. The molecular formula is C14H25N3O2. The molecular weight excluding hydrogens is 242 g/mol. The first-order valence-electron chi connectivity index (χ1n) is 6.72. The summed E-state index contributed by atoms with van der Waals surface area (Å²) in [6.45, 7) is 10.5. The van der Waals surface area contributed by atoms with E-state index in [1.165, 1.54) is 0 Å². The molecule has 0 spiro atoms. The highest BCUT2D eigenvalue weighted by Crippen LogP contribution is 2.20. The molecule has 0 aliphatic rings. The molecule has 0 saturated carbocycles. The normalized spacial score (nSPS) is 15.1. The first kappa shape index (κ1) is 15.7. The highest BCUT2D eigenvalue weighted by molar-refractivity contribution is 5.92. The Hall–Kier alpha value is -1.36. The van der Waals surface area contributed by atoms with Gasteiger partial charge in [0.2, 0.25) is 0 Å². The molecule has 0 fully saturated rings. The van der Waals surface area contributed by atoms with Crippen LogP contribution in [0.3, 0.4) is 0 Å². The van der Waals surface area contributed by atoms with E-state index in [-0.39, 0.29) is 23.3 Å². The molecule has 1 aromatic rings. The third kappa shape index (κ3) is 5.03. The van der Waals surface area contributed by atoms with E-state index in [2.05, 4.69) is 36.3 Å². The van der Waals surface area contributed by atoms with Gasteiger partial charge in [0.15, 0.2) is 0 Å². The third-order valence-corrected chi connectivity index (χ3v) is 2.97. The Balaban J connectivity index is 2.52. The molecule has 0 aromatic carbocycles. The van der Waals surface area contributed by atoms with Crippen LogP contribution in [0, 0.1) is 5.92 Å². The van der Waals surface area contributed by atoms with Crippen molar-refractivity contribution in [2.24, 2.45) is 5.92 Å². The second-order valence-corrected chi connectivity index (χ2v) is 6.32. The summed E-state index contributed by atoms with van der Waals surface area (Å²) >= 11 is 0. The van der Waals surface area contributed by atoms with Gasteiger partial charge in [-0.3, -0.25) is 9.89 Å². The van der Waals surface area contributed by atoms with Crippen LogP contribution < -0.4 is 5.32 Å². The first-order valence-corrected chi connectivity index (χ1v) is 6.72. The van der Waals surface area contributed by atoms with Crippen molar-refractivity contribution in [3.63, 3.8) is 0 Å². The van der Waals surface area contributed by atoms with E-state index < -0.39 is 0 Å². The molecule has 1 amide bonds. The summed E-state index contributed by atoms with van der Waals surface area (Å²) in [6.07, 6.45) is 0.332. The molecule has 0 saturated heterocycles. The summed E-state index contributed by atoms with van der Waals surface area (Å²) in [7, 11) is 0. The summed E-state index contributed by atoms with van der Waals surface area (Å²) in [6, 6.07) is 1.79. The minimum atomic E-state index is -0.343. The van der Waals surface area contributed by atoms with Crippen LogP contribution in [0.2, 0.25) is 0 Å². The fourth-order valence-electron chi connectivity index (χ4n) is 1.85. The standard InChI is InChI=1S/C14H25N3O2/c1-9(6-10(2)18)8-15-13(19)11-7-12(17-16-11)14(3,4)5/h7,9-10,18H,6,8H2,1-5H3,(H,15,19)(H,16,17). The monoisotopic (exact) mass is 267 g/mol. The maximum absolute atomic E-state index is 11.9. The van der Waals surface area contributed by atoms with Gasteiger partial charge in [-0.15, -0.1) is 0 Å². The number of hydrogen-bond donors (Lipinski definition) is 3. The molecule has 5 heteroatoms. The molecule has 108 valence electrons. The topological polar surface area (TPSA) is 78.0 Å². The van der Waals surface area contributed by atoms with Gasteiger partial charge >= 0.3 is 0 Å². The molecule has 1 heterocycles. The quantitative estimate of drug-likeness (QED) is 0.761. The van der Waals surface area contributed by atoms with E-state index in [0.717, 1.165) is 5.69 Å². The molecule has 1 aromatic heterocycles. The van der Waals surface area contributed by atoms with Crippen molar-refractivity contribution in [3.05, 3.63) is 17.5 Å². The third-order valence-electron chi connectivity index (χ3n) is 2.97. The number of aromatic nitrogens is 2. The van der Waals surface area contributed by atoms with Crippen molar-refractivity contribution in [3.8, 4) is 0 Å². The molecule has 0 aliphatic heterocycles. The molecule has 0 radical (unpaired) electrons. The fraction of sp³-hybridized carbons (Fsp3) is 0.714. The Morgan fingerprint density at radius 3 is 2.58 bits per heavy atom.